The zero-order valence-electron chi connectivity index (χ0n) is 30.1. The molecule has 260 valence electrons. The van der Waals surface area contributed by atoms with Gasteiger partial charge in [-0.05, 0) is 128 Å². The van der Waals surface area contributed by atoms with Crippen LogP contribution in [0.3, 0.4) is 0 Å². The molecule has 8 atom stereocenters. The third-order valence-corrected chi connectivity index (χ3v) is 15.2. The second kappa shape index (κ2) is 12.5. The molecule has 7 heteroatoms. The molecular weight excluding hydrogens is 598 g/mol. The molecule has 0 aromatic carbocycles. The number of ketones is 1. The van der Waals surface area contributed by atoms with Gasteiger partial charge in [0.1, 0.15) is 12.7 Å². The van der Waals surface area contributed by atoms with Gasteiger partial charge in [-0.3, -0.25) is 19.3 Å². The van der Waals surface area contributed by atoms with Crippen LogP contribution in [0.25, 0.3) is 0 Å². The summed E-state index contributed by atoms with van der Waals surface area (Å²) in [6.07, 6.45) is 12.2. The second-order valence-electron chi connectivity index (χ2n) is 17.8. The monoisotopic (exact) mass is 659 g/mol. The number of hydrogen-bond acceptors (Lipinski definition) is 6. The van der Waals surface area contributed by atoms with E-state index < -0.39 is 5.41 Å². The van der Waals surface area contributed by atoms with E-state index in [0.717, 1.165) is 76.6 Å². The van der Waals surface area contributed by atoms with E-state index in [-0.39, 0.29) is 69.7 Å². The van der Waals surface area contributed by atoms with Gasteiger partial charge in [0.05, 0.1) is 5.41 Å². The van der Waals surface area contributed by atoms with Crippen LogP contribution in [0.2, 0.25) is 0 Å². The number of allylic oxidation sites excluding steroid dienone is 1. The summed E-state index contributed by atoms with van der Waals surface area (Å²) in [5.74, 6) is 1.29. The molecule has 5 aliphatic carbocycles. The molecule has 0 radical (unpaired) electrons. The Hall–Kier alpha value is -1.40. The van der Waals surface area contributed by atoms with E-state index in [4.69, 9.17) is 9.47 Å². The summed E-state index contributed by atoms with van der Waals surface area (Å²) in [7, 11) is 0. The standard InChI is InChI=1S/C39H61NO5.ClH/c1-25(2)32-28(42)24-39(34(43)44-23-22-40-20-10-9-11-21-40)19-18-37(7)27(33(32)39)12-13-30-36(6)16-15-31(45-26(3)41)35(4,5)29(36)14-17-38(30,37)8;/h25,27,29-31H,9-24H2,1-8H3;1H/t27-,29+,30-,31+,36+,37-,38-,39-;/m1./s1. The number of esters is 2. The summed E-state index contributed by atoms with van der Waals surface area (Å²) in [6.45, 7) is 21.6. The van der Waals surface area contributed by atoms with E-state index in [0.29, 0.717) is 24.9 Å². The molecule has 1 aliphatic heterocycles. The van der Waals surface area contributed by atoms with Gasteiger partial charge in [-0.25, -0.2) is 0 Å². The van der Waals surface area contributed by atoms with Gasteiger partial charge in [0.25, 0.3) is 0 Å². The molecule has 0 amide bonds. The Morgan fingerprint density at radius 3 is 2.22 bits per heavy atom. The predicted molar refractivity (Wildman–Crippen MR) is 183 cm³/mol. The van der Waals surface area contributed by atoms with E-state index in [2.05, 4.69) is 53.4 Å². The van der Waals surface area contributed by atoms with E-state index in [1.54, 1.807) is 6.92 Å². The van der Waals surface area contributed by atoms with Crippen LogP contribution in [0.15, 0.2) is 11.1 Å². The Labute approximate surface area is 285 Å². The van der Waals surface area contributed by atoms with Crippen LogP contribution in [-0.4, -0.2) is 55.0 Å². The first-order chi connectivity index (χ1) is 21.1. The maximum Gasteiger partial charge on any atom is 0.316 e. The number of rotatable bonds is 6. The molecule has 0 aromatic heterocycles. The van der Waals surface area contributed by atoms with Crippen molar-refractivity contribution < 1.29 is 23.9 Å². The van der Waals surface area contributed by atoms with Gasteiger partial charge in [0.15, 0.2) is 5.78 Å². The molecule has 0 aromatic rings. The molecule has 5 fully saturated rings. The maximum atomic E-state index is 14.3. The van der Waals surface area contributed by atoms with Crippen molar-refractivity contribution in [3.05, 3.63) is 11.1 Å². The fourth-order valence-corrected chi connectivity index (χ4v) is 12.8. The quantitative estimate of drug-likeness (QED) is 0.267. The van der Waals surface area contributed by atoms with Crippen LogP contribution < -0.4 is 0 Å². The molecular formula is C39H62ClNO5. The lowest BCUT2D eigenvalue weighted by Crippen LogP contribution is -2.66. The van der Waals surface area contributed by atoms with Gasteiger partial charge < -0.3 is 9.47 Å². The average Bonchev–Trinajstić information content (AvgIpc) is 3.28. The van der Waals surface area contributed by atoms with Crippen molar-refractivity contribution in [2.45, 2.75) is 139 Å². The molecule has 0 N–H and O–H groups in total. The summed E-state index contributed by atoms with van der Waals surface area (Å²) < 4.78 is 12.1. The Kier molecular flexibility index (Phi) is 9.74. The Bertz CT molecular complexity index is 1250. The predicted octanol–water partition coefficient (Wildman–Crippen LogP) is 8.35. The maximum absolute atomic E-state index is 14.3. The molecule has 0 bridgehead atoms. The van der Waals surface area contributed by atoms with Crippen LogP contribution in [0.1, 0.15) is 132 Å². The molecule has 6 rings (SSSR count). The molecule has 6 nitrogen and oxygen atoms in total. The van der Waals surface area contributed by atoms with Crippen molar-refractivity contribution in [1.82, 2.24) is 4.90 Å². The van der Waals surface area contributed by atoms with Gasteiger partial charge in [0, 0.05) is 25.3 Å². The summed E-state index contributed by atoms with van der Waals surface area (Å²) >= 11 is 0. The van der Waals surface area contributed by atoms with Crippen molar-refractivity contribution in [1.29, 1.82) is 0 Å². The number of piperidine rings is 1. The Morgan fingerprint density at radius 2 is 1.57 bits per heavy atom. The summed E-state index contributed by atoms with van der Waals surface area (Å²) in [4.78, 5) is 42.6. The molecule has 1 saturated heterocycles. The number of fused-ring (bicyclic) bond motifs is 7. The zero-order valence-corrected chi connectivity index (χ0v) is 30.9. The smallest absolute Gasteiger partial charge is 0.316 e. The molecule has 1 heterocycles. The van der Waals surface area contributed by atoms with Crippen molar-refractivity contribution in [2.24, 2.45) is 50.7 Å². The van der Waals surface area contributed by atoms with E-state index in [9.17, 15) is 14.4 Å². The first-order valence-electron chi connectivity index (χ1n) is 18.5. The number of nitrogens with zero attached hydrogens (tertiary/aromatic N) is 1. The van der Waals surface area contributed by atoms with Gasteiger partial charge in [0.2, 0.25) is 0 Å². The van der Waals surface area contributed by atoms with Crippen LogP contribution in [0.5, 0.6) is 0 Å². The number of halogens is 1. The second-order valence-corrected chi connectivity index (χ2v) is 17.8. The van der Waals surface area contributed by atoms with Gasteiger partial charge in [-0.2, -0.15) is 0 Å². The Morgan fingerprint density at radius 1 is 0.870 bits per heavy atom. The summed E-state index contributed by atoms with van der Waals surface area (Å²) in [6, 6.07) is 0. The number of carbonyl (C=O) groups is 3. The third kappa shape index (κ3) is 5.24. The van der Waals surface area contributed by atoms with Crippen LogP contribution in [0.4, 0.5) is 0 Å². The van der Waals surface area contributed by atoms with Gasteiger partial charge in [-0.15, -0.1) is 12.4 Å². The average molecular weight is 660 g/mol. The van der Waals surface area contributed by atoms with Crippen molar-refractivity contribution in [2.75, 3.05) is 26.2 Å². The van der Waals surface area contributed by atoms with Gasteiger partial charge >= 0.3 is 11.9 Å². The number of hydrogen-bond donors (Lipinski definition) is 0. The van der Waals surface area contributed by atoms with E-state index >= 15 is 0 Å². The fraction of sp³-hybridized carbons (Fsp3) is 0.872. The van der Waals surface area contributed by atoms with Gasteiger partial charge in [-0.1, -0.05) is 54.9 Å². The lowest BCUT2D eigenvalue weighted by molar-refractivity contribution is -0.233. The number of ether oxygens (including phenoxy) is 2. The molecule has 4 saturated carbocycles. The highest BCUT2D eigenvalue weighted by Crippen LogP contribution is 2.76. The lowest BCUT2D eigenvalue weighted by Gasteiger charge is -2.72. The van der Waals surface area contributed by atoms with Crippen LogP contribution in [0, 0.1) is 50.7 Å². The SMILES string of the molecule is CC(=O)O[C@H]1CC[C@]2(C)[C@H]3CC[C@@H]4C5=C(C(C)C)C(=O)C[C@]5(C(=O)OCCN5CCCCC5)CC[C@@]4(C)[C@]3(C)CC[C@H]2C1(C)C.Cl. The largest absolute Gasteiger partial charge is 0.464 e. The molecule has 46 heavy (non-hydrogen) atoms. The molecule has 6 aliphatic rings. The van der Waals surface area contributed by atoms with Crippen LogP contribution >= 0.6 is 12.4 Å². The minimum Gasteiger partial charge on any atom is -0.464 e. The highest BCUT2D eigenvalue weighted by atomic mass is 35.5. The molecule has 0 spiro atoms. The van der Waals surface area contributed by atoms with Crippen molar-refractivity contribution in [3.8, 4) is 0 Å². The Balaban J connectivity index is 0.00000417. The first kappa shape index (κ1) is 35.9. The highest BCUT2D eigenvalue weighted by molar-refractivity contribution is 6.06. The highest BCUT2D eigenvalue weighted by Gasteiger charge is 2.71. The first-order valence-corrected chi connectivity index (χ1v) is 18.5. The minimum absolute atomic E-state index is 0. The minimum atomic E-state index is -0.781. The lowest BCUT2D eigenvalue weighted by atomic mass is 9.33. The number of likely N-dealkylation sites (tertiary alicyclic amines) is 1. The van der Waals surface area contributed by atoms with E-state index in [1.807, 2.05) is 0 Å². The van der Waals surface area contributed by atoms with Crippen LogP contribution in [-0.2, 0) is 23.9 Å². The van der Waals surface area contributed by atoms with Crippen molar-refractivity contribution in [3.63, 3.8) is 0 Å². The fourth-order valence-electron chi connectivity index (χ4n) is 12.8. The number of carbonyl (C=O) groups excluding carboxylic acids is 3. The summed E-state index contributed by atoms with van der Waals surface area (Å²) in [5.41, 5.74) is 1.58. The number of Topliss-reactive ketones (excluding diaryl/α,β-unsaturated/α-hetero) is 1. The zero-order chi connectivity index (χ0) is 32.6. The van der Waals surface area contributed by atoms with E-state index in [1.165, 1.54) is 24.8 Å². The topological polar surface area (TPSA) is 72.9 Å². The normalized spacial score (nSPS) is 41.9. The molecule has 0 unspecified atom stereocenters. The summed E-state index contributed by atoms with van der Waals surface area (Å²) in [5, 5.41) is 0. The third-order valence-electron chi connectivity index (χ3n) is 15.2. The van der Waals surface area contributed by atoms with Crippen molar-refractivity contribution >= 4 is 30.1 Å².